The Morgan fingerprint density at radius 3 is 2.37 bits per heavy atom. The molecule has 1 aliphatic rings. The molecule has 3 rings (SSSR count). The van der Waals surface area contributed by atoms with Crippen molar-refractivity contribution >= 4 is 0 Å². The third-order valence-corrected chi connectivity index (χ3v) is 3.38. The van der Waals surface area contributed by atoms with Crippen LogP contribution in [0.15, 0.2) is 30.3 Å². The summed E-state index contributed by atoms with van der Waals surface area (Å²) in [6, 6.07) is 8.12. The Bertz CT molecular complexity index is 629. The van der Waals surface area contributed by atoms with Crippen LogP contribution in [0, 0.1) is 6.92 Å². The predicted octanol–water partition coefficient (Wildman–Crippen LogP) is 2.73. The van der Waals surface area contributed by atoms with Crippen LogP contribution in [0.5, 0.6) is 17.2 Å². The highest BCUT2D eigenvalue weighted by atomic mass is 16.5. The molecular weight excluding hydrogens is 244 g/mol. The van der Waals surface area contributed by atoms with Crippen molar-refractivity contribution in [2.75, 3.05) is 0 Å². The van der Waals surface area contributed by atoms with Gasteiger partial charge in [0, 0.05) is 5.56 Å². The molecule has 0 aliphatic carbocycles. The second kappa shape index (κ2) is 4.17. The fourth-order valence-corrected chi connectivity index (χ4v) is 2.57. The molecule has 4 nitrogen and oxygen atoms in total. The summed E-state index contributed by atoms with van der Waals surface area (Å²) in [6.45, 7) is 2.24. The van der Waals surface area contributed by atoms with Crippen molar-refractivity contribution in [3.05, 3.63) is 52.6 Å². The summed E-state index contributed by atoms with van der Waals surface area (Å²) in [7, 11) is 0. The van der Waals surface area contributed by atoms with Gasteiger partial charge in [0.2, 0.25) is 0 Å². The lowest BCUT2D eigenvalue weighted by molar-refractivity contribution is 0.0893. The summed E-state index contributed by atoms with van der Waals surface area (Å²) < 4.78 is 5.63. The number of fused-ring (bicyclic) bond motifs is 1. The average molecular weight is 258 g/mol. The van der Waals surface area contributed by atoms with Gasteiger partial charge in [-0.3, -0.25) is 0 Å². The molecule has 0 unspecified atom stereocenters. The van der Waals surface area contributed by atoms with Crippen LogP contribution in [-0.2, 0) is 11.3 Å². The van der Waals surface area contributed by atoms with Gasteiger partial charge < -0.3 is 20.1 Å². The fraction of sp³-hybridized carbons (Fsp3) is 0.200. The van der Waals surface area contributed by atoms with Crippen LogP contribution >= 0.6 is 0 Å². The topological polar surface area (TPSA) is 69.9 Å². The molecule has 0 bridgehead atoms. The van der Waals surface area contributed by atoms with E-state index < -0.39 is 6.10 Å². The number of aromatic hydroxyl groups is 3. The fourth-order valence-electron chi connectivity index (χ4n) is 2.57. The maximum atomic E-state index is 10.1. The van der Waals surface area contributed by atoms with E-state index in [2.05, 4.69) is 0 Å². The Kier molecular flexibility index (Phi) is 2.61. The Morgan fingerprint density at radius 2 is 1.68 bits per heavy atom. The molecule has 0 fully saturated rings. The monoisotopic (exact) mass is 258 g/mol. The number of hydrogen-bond acceptors (Lipinski definition) is 4. The maximum absolute atomic E-state index is 10.1. The molecule has 0 saturated heterocycles. The van der Waals surface area contributed by atoms with Crippen molar-refractivity contribution in [2.24, 2.45) is 0 Å². The van der Waals surface area contributed by atoms with Gasteiger partial charge in [0.15, 0.2) is 0 Å². The number of phenolic OH excluding ortho intramolecular Hbond substituents is 3. The van der Waals surface area contributed by atoms with Crippen LogP contribution in [0.2, 0.25) is 0 Å². The lowest BCUT2D eigenvalue weighted by Crippen LogP contribution is -2.00. The summed E-state index contributed by atoms with van der Waals surface area (Å²) >= 11 is 0. The molecule has 98 valence electrons. The molecule has 0 saturated carbocycles. The van der Waals surface area contributed by atoms with Gasteiger partial charge in [0.1, 0.15) is 23.4 Å². The molecule has 4 heteroatoms. The highest BCUT2D eigenvalue weighted by Gasteiger charge is 2.32. The van der Waals surface area contributed by atoms with E-state index in [1.165, 1.54) is 12.1 Å². The Hall–Kier alpha value is -2.20. The van der Waals surface area contributed by atoms with E-state index in [9.17, 15) is 15.3 Å². The summed E-state index contributed by atoms with van der Waals surface area (Å²) in [4.78, 5) is 0. The first-order chi connectivity index (χ1) is 9.08. The predicted molar refractivity (Wildman–Crippen MR) is 69.2 cm³/mol. The Morgan fingerprint density at radius 1 is 1.00 bits per heavy atom. The third kappa shape index (κ3) is 1.81. The van der Waals surface area contributed by atoms with E-state index in [1.54, 1.807) is 12.1 Å². The first-order valence-electron chi connectivity index (χ1n) is 6.02. The van der Waals surface area contributed by atoms with E-state index in [0.29, 0.717) is 17.7 Å². The molecule has 19 heavy (non-hydrogen) atoms. The first-order valence-corrected chi connectivity index (χ1v) is 6.02. The van der Waals surface area contributed by atoms with Crippen LogP contribution in [0.3, 0.4) is 0 Å². The minimum atomic E-state index is -0.642. The minimum absolute atomic E-state index is 0.0437. The summed E-state index contributed by atoms with van der Waals surface area (Å²) in [5.74, 6) is 0.0378. The number of ether oxygens (including phenoxy) is 1. The van der Waals surface area contributed by atoms with Crippen molar-refractivity contribution in [1.82, 2.24) is 0 Å². The Balaban J connectivity index is 2.18. The van der Waals surface area contributed by atoms with Gasteiger partial charge in [0.05, 0.1) is 12.2 Å². The number of phenols is 3. The number of rotatable bonds is 1. The second-order valence-electron chi connectivity index (χ2n) is 4.76. The zero-order valence-electron chi connectivity index (χ0n) is 10.4. The molecule has 2 aromatic rings. The van der Waals surface area contributed by atoms with Gasteiger partial charge in [-0.1, -0.05) is 12.1 Å². The zero-order chi connectivity index (χ0) is 13.6. The quantitative estimate of drug-likeness (QED) is 0.735. The van der Waals surface area contributed by atoms with Gasteiger partial charge in [-0.15, -0.1) is 0 Å². The van der Waals surface area contributed by atoms with Crippen LogP contribution in [-0.4, -0.2) is 15.3 Å². The molecule has 2 aromatic carbocycles. The summed E-state index contributed by atoms with van der Waals surface area (Å²) in [5, 5.41) is 29.9. The minimum Gasteiger partial charge on any atom is -0.508 e. The van der Waals surface area contributed by atoms with Gasteiger partial charge in [0.25, 0.3) is 0 Å². The highest BCUT2D eigenvalue weighted by molar-refractivity contribution is 5.55. The van der Waals surface area contributed by atoms with E-state index >= 15 is 0 Å². The molecule has 1 aliphatic heterocycles. The number of benzene rings is 2. The van der Waals surface area contributed by atoms with Crippen LogP contribution in [0.1, 0.15) is 28.4 Å². The smallest absolute Gasteiger partial charge is 0.125 e. The van der Waals surface area contributed by atoms with Crippen LogP contribution in [0.4, 0.5) is 0 Å². The van der Waals surface area contributed by atoms with Crippen LogP contribution < -0.4 is 0 Å². The lowest BCUT2D eigenvalue weighted by Gasteiger charge is -2.16. The number of hydrogen-bond donors (Lipinski definition) is 3. The van der Waals surface area contributed by atoms with E-state index in [1.807, 2.05) is 13.0 Å². The van der Waals surface area contributed by atoms with Crippen molar-refractivity contribution in [2.45, 2.75) is 19.6 Å². The largest absolute Gasteiger partial charge is 0.508 e. The normalized spacial score (nSPS) is 17.4. The molecule has 0 radical (unpaired) electrons. The SMILES string of the molecule is Cc1cc(O)c2c(c1)CO[C@@H]2c1c(O)cccc1O. The van der Waals surface area contributed by atoms with Crippen LogP contribution in [0.25, 0.3) is 0 Å². The average Bonchev–Trinajstić information content (AvgIpc) is 2.72. The van der Waals surface area contributed by atoms with E-state index in [-0.39, 0.29) is 17.2 Å². The van der Waals surface area contributed by atoms with Gasteiger partial charge >= 0.3 is 0 Å². The van der Waals surface area contributed by atoms with Crippen molar-refractivity contribution in [1.29, 1.82) is 0 Å². The second-order valence-corrected chi connectivity index (χ2v) is 4.76. The van der Waals surface area contributed by atoms with E-state index in [4.69, 9.17) is 4.74 Å². The number of aryl methyl sites for hydroxylation is 1. The molecular formula is C15H14O4. The first kappa shape index (κ1) is 11.9. The summed E-state index contributed by atoms with van der Waals surface area (Å²) in [5.41, 5.74) is 2.73. The van der Waals surface area contributed by atoms with Crippen molar-refractivity contribution in [3.8, 4) is 17.2 Å². The molecule has 0 aromatic heterocycles. The van der Waals surface area contributed by atoms with Crippen molar-refractivity contribution in [3.63, 3.8) is 0 Å². The molecule has 3 N–H and O–H groups in total. The Labute approximate surface area is 110 Å². The molecule has 1 heterocycles. The van der Waals surface area contributed by atoms with Gasteiger partial charge in [-0.2, -0.15) is 0 Å². The zero-order valence-corrected chi connectivity index (χ0v) is 10.4. The van der Waals surface area contributed by atoms with E-state index in [0.717, 1.165) is 11.1 Å². The maximum Gasteiger partial charge on any atom is 0.125 e. The van der Waals surface area contributed by atoms with Crippen molar-refractivity contribution < 1.29 is 20.1 Å². The molecule has 0 amide bonds. The standard InChI is InChI=1S/C15H14O4/c1-8-5-9-7-19-15(13(9)12(18)6-8)14-10(16)3-2-4-11(14)17/h2-6,15-18H,7H2,1H3/t15-/m0/s1. The van der Waals surface area contributed by atoms with Gasteiger partial charge in [-0.05, 0) is 36.2 Å². The highest BCUT2D eigenvalue weighted by Crippen LogP contribution is 2.46. The summed E-state index contributed by atoms with van der Waals surface area (Å²) in [6.07, 6.45) is -0.642. The lowest BCUT2D eigenvalue weighted by atomic mass is 9.95. The molecule has 1 atom stereocenters. The molecule has 0 spiro atoms. The van der Waals surface area contributed by atoms with Gasteiger partial charge in [-0.25, -0.2) is 0 Å². The third-order valence-electron chi connectivity index (χ3n) is 3.38.